The molecule has 0 aliphatic heterocycles. The Labute approximate surface area is 228 Å². The highest BCUT2D eigenvalue weighted by atomic mass is 16.5. The number of carboxylic acids is 1. The van der Waals surface area contributed by atoms with Crippen LogP contribution in [-0.2, 0) is 9.53 Å². The number of hydrogen-bond acceptors (Lipinski definition) is 3. The molecule has 4 saturated carbocycles. The fourth-order valence-corrected chi connectivity index (χ4v) is 11.6. The van der Waals surface area contributed by atoms with E-state index in [-0.39, 0.29) is 16.8 Å². The van der Waals surface area contributed by atoms with Crippen LogP contribution in [0.25, 0.3) is 5.57 Å². The topological polar surface area (TPSA) is 63.6 Å². The molecule has 0 heterocycles. The summed E-state index contributed by atoms with van der Waals surface area (Å²) in [6, 6.07) is 7.99. The molecule has 5 aliphatic carbocycles. The third-order valence-electron chi connectivity index (χ3n) is 13.1. The lowest BCUT2D eigenvalue weighted by Gasteiger charge is -2.68. The fourth-order valence-electron chi connectivity index (χ4n) is 11.6. The summed E-state index contributed by atoms with van der Waals surface area (Å²) in [7, 11) is 1.43. The normalized spacial score (nSPS) is 43.1. The molecule has 38 heavy (non-hydrogen) atoms. The van der Waals surface area contributed by atoms with Crippen LogP contribution >= 0.6 is 0 Å². The van der Waals surface area contributed by atoms with Crippen LogP contribution in [0.4, 0.5) is 0 Å². The van der Waals surface area contributed by atoms with Crippen molar-refractivity contribution < 1.29 is 19.4 Å². The van der Waals surface area contributed by atoms with Gasteiger partial charge in [0.25, 0.3) is 0 Å². The summed E-state index contributed by atoms with van der Waals surface area (Å²) < 4.78 is 4.90. The quantitative estimate of drug-likeness (QED) is 0.412. The molecule has 0 bridgehead atoms. The molecule has 0 saturated heterocycles. The van der Waals surface area contributed by atoms with E-state index >= 15 is 0 Å². The number of methoxy groups -OCH3 is 1. The first-order valence-electron chi connectivity index (χ1n) is 15.1. The number of fused-ring (bicyclic) bond motifs is 7. The predicted octanol–water partition coefficient (Wildman–Crippen LogP) is 8.02. The predicted molar refractivity (Wildman–Crippen MR) is 149 cm³/mol. The van der Waals surface area contributed by atoms with Crippen molar-refractivity contribution in [3.63, 3.8) is 0 Å². The average Bonchev–Trinajstić information content (AvgIpc) is 3.34. The van der Waals surface area contributed by atoms with Crippen molar-refractivity contribution in [2.24, 2.45) is 51.2 Å². The zero-order valence-corrected chi connectivity index (χ0v) is 24.0. The Hall–Kier alpha value is -2.10. The Morgan fingerprint density at radius 1 is 0.842 bits per heavy atom. The molecular formula is C34H46O4. The average molecular weight is 519 g/mol. The number of carbonyl (C=O) groups is 2. The lowest BCUT2D eigenvalue weighted by atomic mass is 9.36. The van der Waals surface area contributed by atoms with Crippen LogP contribution in [0.1, 0.15) is 108 Å². The molecule has 0 amide bonds. The van der Waals surface area contributed by atoms with Gasteiger partial charge in [-0.15, -0.1) is 0 Å². The van der Waals surface area contributed by atoms with Crippen molar-refractivity contribution in [3.05, 3.63) is 41.5 Å². The molecule has 6 rings (SSSR count). The van der Waals surface area contributed by atoms with Gasteiger partial charge in [0.05, 0.1) is 18.1 Å². The lowest BCUT2D eigenvalue weighted by Crippen LogP contribution is -2.61. The second kappa shape index (κ2) is 8.70. The highest BCUT2D eigenvalue weighted by Gasteiger charge is 2.66. The van der Waals surface area contributed by atoms with Gasteiger partial charge in [0.2, 0.25) is 0 Å². The number of aliphatic carboxylic acids is 1. The maximum Gasteiger partial charge on any atom is 0.337 e. The summed E-state index contributed by atoms with van der Waals surface area (Å²) in [5.74, 6) is 2.17. The summed E-state index contributed by atoms with van der Waals surface area (Å²) in [5, 5.41) is 10.3. The number of carbonyl (C=O) groups excluding carboxylic acids is 1. The zero-order valence-electron chi connectivity index (χ0n) is 24.0. The third-order valence-corrected chi connectivity index (χ3v) is 13.1. The molecule has 4 nitrogen and oxygen atoms in total. The highest BCUT2D eigenvalue weighted by Crippen LogP contribution is 2.73. The van der Waals surface area contributed by atoms with Gasteiger partial charge in [0, 0.05) is 0 Å². The molecule has 1 aromatic carbocycles. The van der Waals surface area contributed by atoms with Crippen LogP contribution in [0.15, 0.2) is 30.3 Å². The van der Waals surface area contributed by atoms with E-state index in [2.05, 4.69) is 45.9 Å². The molecule has 0 spiro atoms. The molecular weight excluding hydrogens is 472 g/mol. The van der Waals surface area contributed by atoms with Crippen molar-refractivity contribution in [2.75, 3.05) is 7.11 Å². The smallest absolute Gasteiger partial charge is 0.337 e. The van der Waals surface area contributed by atoms with Gasteiger partial charge in [-0.25, -0.2) is 4.79 Å². The molecule has 8 atom stereocenters. The van der Waals surface area contributed by atoms with Gasteiger partial charge in [0.15, 0.2) is 0 Å². The number of allylic oxidation sites excluding steroid dienone is 2. The first kappa shape index (κ1) is 26.1. The van der Waals surface area contributed by atoms with Crippen molar-refractivity contribution in [3.8, 4) is 0 Å². The van der Waals surface area contributed by atoms with Gasteiger partial charge >= 0.3 is 11.9 Å². The first-order valence-corrected chi connectivity index (χ1v) is 15.1. The second-order valence-electron chi connectivity index (χ2n) is 14.6. The molecule has 7 unspecified atom stereocenters. The number of esters is 1. The molecule has 5 aliphatic rings. The Morgan fingerprint density at radius 3 is 2.26 bits per heavy atom. The zero-order chi connectivity index (χ0) is 27.1. The molecule has 1 aromatic rings. The van der Waals surface area contributed by atoms with Gasteiger partial charge in [-0.2, -0.15) is 0 Å². The number of rotatable bonds is 3. The van der Waals surface area contributed by atoms with E-state index in [9.17, 15) is 14.7 Å². The van der Waals surface area contributed by atoms with Gasteiger partial charge in [-0.05, 0) is 127 Å². The number of hydrogen-bond donors (Lipinski definition) is 1. The SMILES string of the molecule is COC(=O)c1ccc(C2=CCC3(C)C(CCC4(C)C5CCC6(C(=O)O)CCC[C@@H]6C5CCC43)C2(C)C)cc1. The summed E-state index contributed by atoms with van der Waals surface area (Å²) in [4.78, 5) is 24.5. The van der Waals surface area contributed by atoms with E-state index < -0.39 is 11.4 Å². The summed E-state index contributed by atoms with van der Waals surface area (Å²) in [5.41, 5.74) is 3.43. The Kier molecular flexibility index (Phi) is 5.98. The van der Waals surface area contributed by atoms with Crippen molar-refractivity contribution in [1.29, 1.82) is 0 Å². The van der Waals surface area contributed by atoms with Gasteiger partial charge in [0.1, 0.15) is 0 Å². The summed E-state index contributed by atoms with van der Waals surface area (Å²) >= 11 is 0. The van der Waals surface area contributed by atoms with E-state index in [4.69, 9.17) is 4.74 Å². The van der Waals surface area contributed by atoms with Crippen LogP contribution in [-0.4, -0.2) is 24.2 Å². The monoisotopic (exact) mass is 518 g/mol. The van der Waals surface area contributed by atoms with E-state index in [0.717, 1.165) is 38.5 Å². The number of carboxylic acid groups (broad SMARTS) is 1. The minimum Gasteiger partial charge on any atom is -0.481 e. The molecule has 0 radical (unpaired) electrons. The molecule has 206 valence electrons. The standard InChI is InChI=1S/C34H46O4/c1-31(2)24(21-8-10-22(11-9-21)29(35)38-5)14-18-33(4)27(31)16-19-32(3)25-15-20-34(30(36)37)17-6-7-26(34)23(25)12-13-28(32)33/h8-11,14,23,25-28H,6-7,12-13,15-20H2,1-5H3,(H,36,37)/t23?,25?,26-,27?,28?,32?,33?,34?/m1/s1. The maximum absolute atomic E-state index is 12.5. The lowest BCUT2D eigenvalue weighted by molar-refractivity contribution is -0.187. The van der Waals surface area contributed by atoms with Crippen LogP contribution in [0, 0.1) is 51.2 Å². The Balaban J connectivity index is 1.31. The van der Waals surface area contributed by atoms with E-state index in [0.29, 0.717) is 40.6 Å². The molecule has 1 N–H and O–H groups in total. The number of benzene rings is 1. The van der Waals surface area contributed by atoms with E-state index in [1.54, 1.807) is 0 Å². The largest absolute Gasteiger partial charge is 0.481 e. The van der Waals surface area contributed by atoms with Crippen molar-refractivity contribution in [2.45, 2.75) is 91.9 Å². The van der Waals surface area contributed by atoms with Crippen LogP contribution < -0.4 is 0 Å². The van der Waals surface area contributed by atoms with Crippen molar-refractivity contribution in [1.82, 2.24) is 0 Å². The molecule has 4 fully saturated rings. The van der Waals surface area contributed by atoms with Crippen LogP contribution in [0.2, 0.25) is 0 Å². The van der Waals surface area contributed by atoms with Crippen LogP contribution in [0.3, 0.4) is 0 Å². The molecule has 4 heteroatoms. The summed E-state index contributed by atoms with van der Waals surface area (Å²) in [6.45, 7) is 10.1. The number of ether oxygens (including phenoxy) is 1. The minimum absolute atomic E-state index is 0.0500. The fraction of sp³-hybridized carbons (Fsp3) is 0.706. The van der Waals surface area contributed by atoms with Gasteiger partial charge in [-0.1, -0.05) is 52.3 Å². The molecule has 0 aromatic heterocycles. The van der Waals surface area contributed by atoms with E-state index in [1.165, 1.54) is 43.9 Å². The minimum atomic E-state index is -0.507. The van der Waals surface area contributed by atoms with E-state index in [1.807, 2.05) is 12.1 Å². The Bertz CT molecular complexity index is 1160. The maximum atomic E-state index is 12.5. The summed E-state index contributed by atoms with van der Waals surface area (Å²) in [6.07, 6.45) is 13.7. The third kappa shape index (κ3) is 3.40. The first-order chi connectivity index (χ1) is 18.0. The highest BCUT2D eigenvalue weighted by molar-refractivity contribution is 5.90. The van der Waals surface area contributed by atoms with Gasteiger partial charge < -0.3 is 9.84 Å². The second-order valence-corrected chi connectivity index (χ2v) is 14.6. The van der Waals surface area contributed by atoms with Gasteiger partial charge in [-0.3, -0.25) is 4.79 Å². The van der Waals surface area contributed by atoms with Crippen LogP contribution in [0.5, 0.6) is 0 Å². The Morgan fingerprint density at radius 2 is 1.58 bits per heavy atom. The van der Waals surface area contributed by atoms with Crippen molar-refractivity contribution >= 4 is 17.5 Å².